The van der Waals surface area contributed by atoms with Crippen molar-refractivity contribution in [2.24, 2.45) is 0 Å². The van der Waals surface area contributed by atoms with Crippen LogP contribution in [0.25, 0.3) is 0 Å². The molecule has 1 N–H and O–H groups in total. The highest BCUT2D eigenvalue weighted by Crippen LogP contribution is 2.27. The van der Waals surface area contributed by atoms with Crippen LogP contribution in [0.3, 0.4) is 0 Å². The molecule has 0 saturated carbocycles. The van der Waals surface area contributed by atoms with Crippen molar-refractivity contribution < 1.29 is 13.9 Å². The largest absolute Gasteiger partial charge is 0.382 e. The number of alkyl halides is 2. The number of aliphatic hydroxyl groups excluding tert-OH is 1. The molecule has 1 atom stereocenters. The number of halogens is 4. The third-order valence-corrected chi connectivity index (χ3v) is 1.94. The maximum absolute atomic E-state index is 12.0. The number of aromatic nitrogens is 1. The molecule has 0 bridgehead atoms. The summed E-state index contributed by atoms with van der Waals surface area (Å²) in [5.74, 6) is 0. The molecular formula is C7H5Cl2F2NO. The van der Waals surface area contributed by atoms with Crippen molar-refractivity contribution in [3.63, 3.8) is 0 Å². The van der Waals surface area contributed by atoms with Crippen LogP contribution in [0.2, 0.25) is 10.2 Å². The first-order valence-corrected chi connectivity index (χ1v) is 4.05. The monoisotopic (exact) mass is 227 g/mol. The molecule has 0 amide bonds. The molecule has 0 aromatic carbocycles. The van der Waals surface area contributed by atoms with Crippen molar-refractivity contribution >= 4 is 23.2 Å². The molecule has 0 aliphatic rings. The van der Waals surface area contributed by atoms with Gasteiger partial charge in [0.05, 0.1) is 5.02 Å². The lowest BCUT2D eigenvalue weighted by Gasteiger charge is -2.10. The first-order chi connectivity index (χ1) is 6.02. The second-order valence-corrected chi connectivity index (χ2v) is 3.10. The summed E-state index contributed by atoms with van der Waals surface area (Å²) in [5.41, 5.74) is -0.124. The van der Waals surface area contributed by atoms with Gasteiger partial charge in [0.25, 0.3) is 6.43 Å². The summed E-state index contributed by atoms with van der Waals surface area (Å²) in [6.45, 7) is 0. The molecule has 1 heterocycles. The van der Waals surface area contributed by atoms with Gasteiger partial charge in [-0.25, -0.2) is 13.8 Å². The Morgan fingerprint density at radius 1 is 1.38 bits per heavy atom. The second-order valence-electron chi connectivity index (χ2n) is 2.31. The summed E-state index contributed by atoms with van der Waals surface area (Å²) >= 11 is 11.0. The topological polar surface area (TPSA) is 33.1 Å². The van der Waals surface area contributed by atoms with E-state index in [0.717, 1.165) is 6.20 Å². The summed E-state index contributed by atoms with van der Waals surface area (Å²) < 4.78 is 24.1. The Balaban J connectivity index is 3.01. The average Bonchev–Trinajstić information content (AvgIpc) is 2.03. The van der Waals surface area contributed by atoms with Crippen LogP contribution in [-0.2, 0) is 0 Å². The summed E-state index contributed by atoms with van der Waals surface area (Å²) in [6.07, 6.45) is -3.78. The van der Waals surface area contributed by atoms with Crippen LogP contribution in [0.1, 0.15) is 11.7 Å². The van der Waals surface area contributed by atoms with Gasteiger partial charge >= 0.3 is 0 Å². The van der Waals surface area contributed by atoms with Crippen molar-refractivity contribution in [1.82, 2.24) is 4.98 Å². The summed E-state index contributed by atoms with van der Waals surface area (Å²) in [5, 5.41) is 9.02. The van der Waals surface area contributed by atoms with Gasteiger partial charge in [0.1, 0.15) is 11.3 Å². The Morgan fingerprint density at radius 3 is 2.46 bits per heavy atom. The first kappa shape index (κ1) is 10.6. The number of hydrogen-bond donors (Lipinski definition) is 1. The van der Waals surface area contributed by atoms with Gasteiger partial charge in [0.15, 0.2) is 0 Å². The fraction of sp³-hybridized carbons (Fsp3) is 0.286. The summed E-state index contributed by atoms with van der Waals surface area (Å²) in [6, 6.07) is 1.20. The highest BCUT2D eigenvalue weighted by molar-refractivity contribution is 6.34. The zero-order valence-electron chi connectivity index (χ0n) is 6.22. The number of nitrogens with zero attached hydrogens (tertiary/aromatic N) is 1. The zero-order chi connectivity index (χ0) is 10.0. The van der Waals surface area contributed by atoms with E-state index in [-0.39, 0.29) is 15.7 Å². The van der Waals surface area contributed by atoms with Crippen LogP contribution in [0.15, 0.2) is 12.3 Å². The third-order valence-electron chi connectivity index (χ3n) is 1.41. The molecule has 1 aromatic rings. The van der Waals surface area contributed by atoms with Crippen molar-refractivity contribution in [2.45, 2.75) is 12.5 Å². The Hall–Kier alpha value is -0.450. The lowest BCUT2D eigenvalue weighted by molar-refractivity contribution is -0.00590. The molecule has 72 valence electrons. The number of rotatable bonds is 2. The van der Waals surface area contributed by atoms with Gasteiger partial charge in [-0.1, -0.05) is 23.2 Å². The Morgan fingerprint density at radius 2 is 2.00 bits per heavy atom. The van der Waals surface area contributed by atoms with Gasteiger partial charge in [-0.05, 0) is 6.07 Å². The van der Waals surface area contributed by atoms with Crippen molar-refractivity contribution in [1.29, 1.82) is 0 Å². The summed E-state index contributed by atoms with van der Waals surface area (Å²) in [7, 11) is 0. The molecular weight excluding hydrogens is 223 g/mol. The molecule has 13 heavy (non-hydrogen) atoms. The minimum atomic E-state index is -2.89. The minimum absolute atomic E-state index is 0.0206. The molecule has 0 aliphatic heterocycles. The van der Waals surface area contributed by atoms with E-state index >= 15 is 0 Å². The molecule has 0 saturated heterocycles. The van der Waals surface area contributed by atoms with Gasteiger partial charge in [-0.3, -0.25) is 0 Å². The lowest BCUT2D eigenvalue weighted by atomic mass is 10.2. The van der Waals surface area contributed by atoms with Crippen molar-refractivity contribution in [3.8, 4) is 0 Å². The van der Waals surface area contributed by atoms with Gasteiger partial charge in [0.2, 0.25) is 0 Å². The van der Waals surface area contributed by atoms with E-state index in [1.807, 2.05) is 0 Å². The normalized spacial score (nSPS) is 13.4. The second kappa shape index (κ2) is 4.17. The van der Waals surface area contributed by atoms with E-state index in [2.05, 4.69) is 4.98 Å². The fourth-order valence-corrected chi connectivity index (χ4v) is 1.25. The van der Waals surface area contributed by atoms with Crippen LogP contribution >= 0.6 is 23.2 Å². The van der Waals surface area contributed by atoms with Gasteiger partial charge < -0.3 is 5.11 Å². The summed E-state index contributed by atoms with van der Waals surface area (Å²) in [4.78, 5) is 3.53. The molecule has 1 unspecified atom stereocenters. The molecule has 6 heteroatoms. The van der Waals surface area contributed by atoms with E-state index in [4.69, 9.17) is 28.3 Å². The quantitative estimate of drug-likeness (QED) is 0.789. The molecule has 1 aromatic heterocycles. The Kier molecular flexibility index (Phi) is 3.41. The van der Waals surface area contributed by atoms with Gasteiger partial charge in [-0.15, -0.1) is 0 Å². The Labute approximate surface area is 83.1 Å². The average molecular weight is 228 g/mol. The number of hydrogen-bond acceptors (Lipinski definition) is 2. The van der Waals surface area contributed by atoms with E-state index in [1.54, 1.807) is 0 Å². The van der Waals surface area contributed by atoms with Gasteiger partial charge in [-0.2, -0.15) is 0 Å². The maximum atomic E-state index is 12.0. The molecule has 0 fully saturated rings. The van der Waals surface area contributed by atoms with Gasteiger partial charge in [0, 0.05) is 11.8 Å². The smallest absolute Gasteiger partial charge is 0.268 e. The van der Waals surface area contributed by atoms with Crippen molar-refractivity contribution in [2.75, 3.05) is 0 Å². The Bertz CT molecular complexity index is 309. The predicted octanol–water partition coefficient (Wildman–Crippen LogP) is 2.69. The molecule has 0 aliphatic carbocycles. The zero-order valence-corrected chi connectivity index (χ0v) is 7.73. The SMILES string of the molecule is OC(c1cnc(Cl)cc1Cl)C(F)F. The lowest BCUT2D eigenvalue weighted by Crippen LogP contribution is -2.08. The standard InChI is InChI=1S/C7H5Cl2F2NO/c8-4-1-5(9)12-2-3(4)6(13)7(10)11/h1-2,6-7,13H. The van der Waals surface area contributed by atoms with E-state index in [1.165, 1.54) is 6.07 Å². The maximum Gasteiger partial charge on any atom is 0.268 e. The predicted molar refractivity (Wildman–Crippen MR) is 45.2 cm³/mol. The van der Waals surface area contributed by atoms with Crippen molar-refractivity contribution in [3.05, 3.63) is 28.0 Å². The van der Waals surface area contributed by atoms with Crippen LogP contribution in [0, 0.1) is 0 Å². The number of pyridine rings is 1. The minimum Gasteiger partial charge on any atom is -0.382 e. The number of aliphatic hydroxyl groups is 1. The first-order valence-electron chi connectivity index (χ1n) is 3.29. The highest BCUT2D eigenvalue weighted by Gasteiger charge is 2.22. The highest BCUT2D eigenvalue weighted by atomic mass is 35.5. The van der Waals surface area contributed by atoms with Crippen LogP contribution in [0.5, 0.6) is 0 Å². The molecule has 1 rings (SSSR count). The van der Waals surface area contributed by atoms with Crippen LogP contribution in [-0.4, -0.2) is 16.5 Å². The molecule has 0 radical (unpaired) electrons. The molecule has 0 spiro atoms. The molecule has 2 nitrogen and oxygen atoms in total. The van der Waals surface area contributed by atoms with E-state index in [0.29, 0.717) is 0 Å². The van der Waals surface area contributed by atoms with Crippen LogP contribution < -0.4 is 0 Å². The van der Waals surface area contributed by atoms with Crippen LogP contribution in [0.4, 0.5) is 8.78 Å². The van der Waals surface area contributed by atoms with E-state index < -0.39 is 12.5 Å². The van der Waals surface area contributed by atoms with E-state index in [9.17, 15) is 8.78 Å². The third kappa shape index (κ3) is 2.49. The fourth-order valence-electron chi connectivity index (χ4n) is 0.771.